The van der Waals surface area contributed by atoms with Crippen LogP contribution in [0.5, 0.6) is 23.0 Å². The molecule has 1 aliphatic rings. The van der Waals surface area contributed by atoms with Crippen molar-refractivity contribution in [2.45, 2.75) is 20.0 Å². The maximum Gasteiger partial charge on any atom is 0.339 e. The van der Waals surface area contributed by atoms with Crippen LogP contribution in [0.1, 0.15) is 34.6 Å². The van der Waals surface area contributed by atoms with Crippen LogP contribution in [0, 0.1) is 0 Å². The van der Waals surface area contributed by atoms with E-state index in [2.05, 4.69) is 0 Å². The first kappa shape index (κ1) is 19.5. The number of fused-ring (bicyclic) bond motifs is 1. The number of rotatable bonds is 7. The average Bonchev–Trinajstić information content (AvgIpc) is 2.73. The predicted molar refractivity (Wildman–Crippen MR) is 101 cm³/mol. The van der Waals surface area contributed by atoms with Gasteiger partial charge in [0.05, 0.1) is 19.3 Å². The van der Waals surface area contributed by atoms with Gasteiger partial charge >= 0.3 is 5.97 Å². The molecule has 1 aliphatic heterocycles. The van der Waals surface area contributed by atoms with E-state index in [1.54, 1.807) is 24.3 Å². The zero-order valence-corrected chi connectivity index (χ0v) is 16.0. The second kappa shape index (κ2) is 8.65. The van der Waals surface area contributed by atoms with Gasteiger partial charge in [-0.3, -0.25) is 4.79 Å². The molecule has 7 nitrogen and oxygen atoms in total. The first-order valence-corrected chi connectivity index (χ1v) is 8.99. The van der Waals surface area contributed by atoms with E-state index < -0.39 is 12.1 Å². The fraction of sp³-hybridized carbons (Fsp3) is 0.333. The molecule has 2 aromatic carbocycles. The standard InChI is InChI=1S/C21H22O7/c1-4-25-16-7-5-14(6-8-16)19(22)13(2)28-21(23)15-11-17(24-3)20-18(12-15)26-9-10-27-20/h5-8,11-13H,4,9-10H2,1-3H3/t13-/m0/s1. The molecule has 0 radical (unpaired) electrons. The fourth-order valence-electron chi connectivity index (χ4n) is 2.79. The Labute approximate surface area is 163 Å². The third-order valence-electron chi connectivity index (χ3n) is 4.17. The number of ketones is 1. The topological polar surface area (TPSA) is 80.3 Å². The van der Waals surface area contributed by atoms with Crippen LogP contribution in [0.4, 0.5) is 0 Å². The van der Waals surface area contributed by atoms with Crippen molar-refractivity contribution in [1.82, 2.24) is 0 Å². The number of carbonyl (C=O) groups is 2. The molecule has 0 aromatic heterocycles. The van der Waals surface area contributed by atoms with E-state index in [0.29, 0.717) is 48.4 Å². The van der Waals surface area contributed by atoms with E-state index >= 15 is 0 Å². The van der Waals surface area contributed by atoms with Gasteiger partial charge in [-0.25, -0.2) is 4.79 Å². The van der Waals surface area contributed by atoms with Crippen LogP contribution >= 0.6 is 0 Å². The summed E-state index contributed by atoms with van der Waals surface area (Å²) in [6.45, 7) is 4.74. The minimum atomic E-state index is -0.954. The van der Waals surface area contributed by atoms with E-state index in [-0.39, 0.29) is 11.3 Å². The van der Waals surface area contributed by atoms with Crippen molar-refractivity contribution in [3.05, 3.63) is 47.5 Å². The van der Waals surface area contributed by atoms with Crippen LogP contribution in [0.2, 0.25) is 0 Å². The second-order valence-electron chi connectivity index (χ2n) is 6.07. The van der Waals surface area contributed by atoms with Gasteiger partial charge in [0.15, 0.2) is 17.6 Å². The van der Waals surface area contributed by atoms with Crippen molar-refractivity contribution in [3.8, 4) is 23.0 Å². The summed E-state index contributed by atoms with van der Waals surface area (Å²) in [5, 5.41) is 0. The lowest BCUT2D eigenvalue weighted by atomic mass is 10.1. The third kappa shape index (κ3) is 4.19. The van der Waals surface area contributed by atoms with Crippen molar-refractivity contribution in [2.75, 3.05) is 26.9 Å². The Balaban J connectivity index is 1.72. The molecule has 2 aromatic rings. The summed E-state index contributed by atoms with van der Waals surface area (Å²) in [5.74, 6) is 0.941. The number of hydrogen-bond acceptors (Lipinski definition) is 7. The van der Waals surface area contributed by atoms with Gasteiger partial charge in [-0.2, -0.15) is 0 Å². The highest BCUT2D eigenvalue weighted by atomic mass is 16.6. The van der Waals surface area contributed by atoms with E-state index in [0.717, 1.165) is 0 Å². The first-order valence-electron chi connectivity index (χ1n) is 8.99. The summed E-state index contributed by atoms with van der Waals surface area (Å²) < 4.78 is 27.0. The van der Waals surface area contributed by atoms with Crippen LogP contribution < -0.4 is 18.9 Å². The van der Waals surface area contributed by atoms with Gasteiger partial charge in [0.2, 0.25) is 11.5 Å². The largest absolute Gasteiger partial charge is 0.494 e. The molecule has 0 fully saturated rings. The molecule has 0 aliphatic carbocycles. The van der Waals surface area contributed by atoms with Gasteiger partial charge in [-0.1, -0.05) is 0 Å². The minimum Gasteiger partial charge on any atom is -0.494 e. The highest BCUT2D eigenvalue weighted by Crippen LogP contribution is 2.40. The Morgan fingerprint density at radius 1 is 1.07 bits per heavy atom. The lowest BCUT2D eigenvalue weighted by Gasteiger charge is -2.21. The lowest BCUT2D eigenvalue weighted by molar-refractivity contribution is 0.0317. The Hall–Kier alpha value is -3.22. The number of ether oxygens (including phenoxy) is 5. The van der Waals surface area contributed by atoms with E-state index in [9.17, 15) is 9.59 Å². The summed E-state index contributed by atoms with van der Waals surface area (Å²) in [6, 6.07) is 9.72. The van der Waals surface area contributed by atoms with Gasteiger partial charge in [0, 0.05) is 5.56 Å². The van der Waals surface area contributed by atoms with Crippen LogP contribution in [0.25, 0.3) is 0 Å². The number of methoxy groups -OCH3 is 1. The molecular weight excluding hydrogens is 364 g/mol. The summed E-state index contributed by atoms with van der Waals surface area (Å²) in [4.78, 5) is 25.1. The normalized spacial score (nSPS) is 13.4. The van der Waals surface area contributed by atoms with Crippen LogP contribution in [0.15, 0.2) is 36.4 Å². The van der Waals surface area contributed by atoms with Crippen molar-refractivity contribution in [2.24, 2.45) is 0 Å². The van der Waals surface area contributed by atoms with Gasteiger partial charge in [0.1, 0.15) is 19.0 Å². The summed E-state index contributed by atoms with van der Waals surface area (Å²) in [5.41, 5.74) is 0.649. The van der Waals surface area contributed by atoms with E-state index in [1.165, 1.54) is 26.2 Å². The quantitative estimate of drug-likeness (QED) is 0.533. The fourth-order valence-corrected chi connectivity index (χ4v) is 2.79. The minimum absolute atomic E-state index is 0.215. The van der Waals surface area contributed by atoms with Crippen molar-refractivity contribution < 1.29 is 33.3 Å². The molecular formula is C21H22O7. The molecule has 0 saturated carbocycles. The molecule has 1 atom stereocenters. The van der Waals surface area contributed by atoms with Gasteiger partial charge < -0.3 is 23.7 Å². The molecule has 0 N–H and O–H groups in total. The number of esters is 1. The highest BCUT2D eigenvalue weighted by Gasteiger charge is 2.24. The molecule has 0 amide bonds. The molecule has 28 heavy (non-hydrogen) atoms. The summed E-state index contributed by atoms with van der Waals surface area (Å²) >= 11 is 0. The monoisotopic (exact) mass is 386 g/mol. The molecule has 7 heteroatoms. The zero-order valence-electron chi connectivity index (χ0n) is 16.0. The van der Waals surface area contributed by atoms with E-state index in [4.69, 9.17) is 23.7 Å². The Morgan fingerprint density at radius 2 is 1.79 bits per heavy atom. The summed E-state index contributed by atoms with van der Waals surface area (Å²) in [7, 11) is 1.47. The van der Waals surface area contributed by atoms with Crippen LogP contribution in [-0.2, 0) is 4.74 Å². The van der Waals surface area contributed by atoms with Crippen molar-refractivity contribution in [3.63, 3.8) is 0 Å². The van der Waals surface area contributed by atoms with Gasteiger partial charge in [-0.05, 0) is 50.2 Å². The second-order valence-corrected chi connectivity index (χ2v) is 6.07. The Kier molecular flexibility index (Phi) is 6.03. The molecule has 0 unspecified atom stereocenters. The Bertz CT molecular complexity index is 841. The maximum absolute atomic E-state index is 12.5. The lowest BCUT2D eigenvalue weighted by Crippen LogP contribution is -2.24. The molecule has 148 valence electrons. The maximum atomic E-state index is 12.5. The first-order chi connectivity index (χ1) is 13.5. The predicted octanol–water partition coefficient (Wildman–Crippen LogP) is 3.29. The van der Waals surface area contributed by atoms with Crippen LogP contribution in [0.3, 0.4) is 0 Å². The third-order valence-corrected chi connectivity index (χ3v) is 4.17. The molecule has 0 bridgehead atoms. The number of Topliss-reactive ketones (excluding diaryl/α,β-unsaturated/α-hetero) is 1. The van der Waals surface area contributed by atoms with Crippen molar-refractivity contribution >= 4 is 11.8 Å². The number of benzene rings is 2. The SMILES string of the molecule is CCOc1ccc(C(=O)[C@H](C)OC(=O)c2cc(OC)c3c(c2)OCCO3)cc1. The number of hydrogen-bond donors (Lipinski definition) is 0. The molecule has 3 rings (SSSR count). The smallest absolute Gasteiger partial charge is 0.339 e. The van der Waals surface area contributed by atoms with Gasteiger partial charge in [0.25, 0.3) is 0 Å². The molecule has 0 saturated heterocycles. The highest BCUT2D eigenvalue weighted by molar-refractivity contribution is 6.01. The molecule has 1 heterocycles. The van der Waals surface area contributed by atoms with Gasteiger partial charge in [-0.15, -0.1) is 0 Å². The average molecular weight is 386 g/mol. The van der Waals surface area contributed by atoms with Crippen LogP contribution in [-0.4, -0.2) is 44.8 Å². The van der Waals surface area contributed by atoms with E-state index in [1.807, 2.05) is 6.92 Å². The summed E-state index contributed by atoms with van der Waals surface area (Å²) in [6.07, 6.45) is -0.954. The van der Waals surface area contributed by atoms with Crippen molar-refractivity contribution in [1.29, 1.82) is 0 Å². The Morgan fingerprint density at radius 3 is 2.46 bits per heavy atom. The molecule has 0 spiro atoms. The number of carbonyl (C=O) groups excluding carboxylic acids is 2. The zero-order chi connectivity index (χ0) is 20.1.